The number of fused-ring (bicyclic) bond motifs is 1. The van der Waals surface area contributed by atoms with Gasteiger partial charge in [-0.15, -0.1) is 0 Å². The number of carbonyl (C=O) groups is 1. The van der Waals surface area contributed by atoms with Gasteiger partial charge in [-0.1, -0.05) is 6.07 Å². The highest BCUT2D eigenvalue weighted by Crippen LogP contribution is 2.43. The Morgan fingerprint density at radius 2 is 1.64 bits per heavy atom. The lowest BCUT2D eigenvalue weighted by atomic mass is 9.92. The molecule has 8 N–H and O–H groups in total. The van der Waals surface area contributed by atoms with Crippen LogP contribution in [0.15, 0.2) is 30.3 Å². The molecule has 0 aromatic heterocycles. The molecular formula is C21H22O12. The van der Waals surface area contributed by atoms with Crippen molar-refractivity contribution in [2.45, 2.75) is 42.9 Å². The van der Waals surface area contributed by atoms with Crippen molar-refractivity contribution in [3.63, 3.8) is 0 Å². The van der Waals surface area contributed by atoms with E-state index in [1.165, 1.54) is 12.1 Å². The Balaban J connectivity index is 1.63. The molecule has 0 spiro atoms. The van der Waals surface area contributed by atoms with Crippen LogP contribution in [0.4, 0.5) is 0 Å². The van der Waals surface area contributed by atoms with E-state index in [2.05, 4.69) is 0 Å². The third kappa shape index (κ3) is 4.04. The van der Waals surface area contributed by atoms with Gasteiger partial charge >= 0.3 is 0 Å². The molecule has 1 saturated heterocycles. The summed E-state index contributed by atoms with van der Waals surface area (Å²) in [6.45, 7) is -0.680. The summed E-state index contributed by atoms with van der Waals surface area (Å²) in [5, 5.41) is 79.5. The number of aromatic hydroxyl groups is 3. The minimum Gasteiger partial charge on any atom is -0.508 e. The van der Waals surface area contributed by atoms with Crippen LogP contribution in [-0.2, 0) is 4.74 Å². The number of benzene rings is 2. The first kappa shape index (κ1) is 23.0. The average molecular weight is 466 g/mol. The zero-order chi connectivity index (χ0) is 24.0. The zero-order valence-corrected chi connectivity index (χ0v) is 16.8. The fraction of sp³-hybridized carbons (Fsp3) is 0.381. The van der Waals surface area contributed by atoms with Crippen molar-refractivity contribution in [3.8, 4) is 28.7 Å². The van der Waals surface area contributed by atoms with Crippen molar-refractivity contribution in [2.24, 2.45) is 0 Å². The molecule has 2 aromatic rings. The van der Waals surface area contributed by atoms with Crippen molar-refractivity contribution in [1.29, 1.82) is 0 Å². The van der Waals surface area contributed by atoms with Gasteiger partial charge < -0.3 is 55.1 Å². The van der Waals surface area contributed by atoms with Crippen molar-refractivity contribution in [2.75, 3.05) is 6.61 Å². The number of ketones is 1. The molecule has 1 fully saturated rings. The molecule has 4 rings (SSSR count). The standard InChI is InChI=1S/C21H22O12/c22-6-13-15(26)17(28)19(30)21(33-13)32-11-3-7(1-2-9(11)24)20-18(29)16(27)14-10(25)4-8(23)5-12(14)31-20/h1-5,13,15,17-26,28-30H,6H2/t13-,15-,17+,18?,19-,20?,21-/m1/s1. The van der Waals surface area contributed by atoms with E-state index in [9.17, 15) is 45.6 Å². The molecule has 12 nitrogen and oxygen atoms in total. The van der Waals surface area contributed by atoms with E-state index in [1.54, 1.807) is 0 Å². The van der Waals surface area contributed by atoms with Crippen molar-refractivity contribution in [1.82, 2.24) is 0 Å². The molecule has 0 amide bonds. The highest BCUT2D eigenvalue weighted by Gasteiger charge is 2.45. The minimum atomic E-state index is -1.75. The fourth-order valence-electron chi connectivity index (χ4n) is 3.76. The Bertz CT molecular complexity index is 1050. The van der Waals surface area contributed by atoms with Crippen LogP contribution in [0, 0.1) is 0 Å². The monoisotopic (exact) mass is 466 g/mol. The average Bonchev–Trinajstić information content (AvgIpc) is 2.77. The lowest BCUT2D eigenvalue weighted by molar-refractivity contribution is -0.277. The summed E-state index contributed by atoms with van der Waals surface area (Å²) in [6, 6.07) is 5.69. The molecular weight excluding hydrogens is 444 g/mol. The molecule has 7 atom stereocenters. The number of hydrogen-bond donors (Lipinski definition) is 8. The second-order valence-electron chi connectivity index (χ2n) is 7.73. The number of ether oxygens (including phenoxy) is 3. The Labute approximate surface area is 186 Å². The molecule has 2 unspecified atom stereocenters. The fourth-order valence-corrected chi connectivity index (χ4v) is 3.76. The lowest BCUT2D eigenvalue weighted by Gasteiger charge is -2.39. The van der Waals surface area contributed by atoms with E-state index in [0.717, 1.165) is 18.2 Å². The Morgan fingerprint density at radius 1 is 0.909 bits per heavy atom. The van der Waals surface area contributed by atoms with Crippen molar-refractivity contribution in [3.05, 3.63) is 41.5 Å². The predicted molar refractivity (Wildman–Crippen MR) is 106 cm³/mol. The summed E-state index contributed by atoms with van der Waals surface area (Å²) in [5.74, 6) is -2.68. The third-order valence-electron chi connectivity index (χ3n) is 5.53. The van der Waals surface area contributed by atoms with E-state index < -0.39 is 66.8 Å². The van der Waals surface area contributed by atoms with Gasteiger partial charge in [-0.3, -0.25) is 4.79 Å². The first-order valence-corrected chi connectivity index (χ1v) is 9.87. The van der Waals surface area contributed by atoms with Gasteiger partial charge in [-0.25, -0.2) is 0 Å². The number of phenolic OH excluding ortho intramolecular Hbond substituents is 3. The van der Waals surface area contributed by atoms with E-state index in [0.29, 0.717) is 0 Å². The van der Waals surface area contributed by atoms with E-state index in [-0.39, 0.29) is 28.4 Å². The molecule has 2 heterocycles. The Morgan fingerprint density at radius 3 is 2.33 bits per heavy atom. The third-order valence-corrected chi connectivity index (χ3v) is 5.53. The first-order chi connectivity index (χ1) is 15.6. The number of aliphatic hydroxyl groups is 5. The van der Waals surface area contributed by atoms with Crippen LogP contribution in [0.1, 0.15) is 22.0 Å². The van der Waals surface area contributed by atoms with Gasteiger partial charge in [0.1, 0.15) is 47.2 Å². The van der Waals surface area contributed by atoms with Crippen LogP contribution < -0.4 is 9.47 Å². The highest BCUT2D eigenvalue weighted by molar-refractivity contribution is 6.05. The van der Waals surface area contributed by atoms with Crippen LogP contribution >= 0.6 is 0 Å². The van der Waals surface area contributed by atoms with Crippen LogP contribution in [-0.4, -0.2) is 90.1 Å². The molecule has 0 aliphatic carbocycles. The van der Waals surface area contributed by atoms with Gasteiger partial charge in [-0.2, -0.15) is 0 Å². The normalized spacial score (nSPS) is 31.5. The summed E-state index contributed by atoms with van der Waals surface area (Å²) in [4.78, 5) is 12.6. The molecule has 0 bridgehead atoms. The predicted octanol–water partition coefficient (Wildman–Crippen LogP) is -1.34. The number of rotatable bonds is 4. The first-order valence-electron chi connectivity index (χ1n) is 9.87. The summed E-state index contributed by atoms with van der Waals surface area (Å²) in [6.07, 6.45) is -10.9. The Kier molecular flexibility index (Phi) is 6.05. The van der Waals surface area contributed by atoms with Crippen LogP contribution in [0.2, 0.25) is 0 Å². The quantitative estimate of drug-likeness (QED) is 0.263. The van der Waals surface area contributed by atoms with Gasteiger partial charge in [0, 0.05) is 12.1 Å². The summed E-state index contributed by atoms with van der Waals surface area (Å²) < 4.78 is 16.3. The number of aliphatic hydroxyl groups excluding tert-OH is 5. The molecule has 0 radical (unpaired) electrons. The zero-order valence-electron chi connectivity index (χ0n) is 16.8. The number of Topliss-reactive ketones (excluding diaryl/α,β-unsaturated/α-hetero) is 1. The smallest absolute Gasteiger partial charge is 0.229 e. The van der Waals surface area contributed by atoms with E-state index >= 15 is 0 Å². The number of hydrogen-bond acceptors (Lipinski definition) is 12. The lowest BCUT2D eigenvalue weighted by Crippen LogP contribution is -2.60. The van der Waals surface area contributed by atoms with E-state index in [4.69, 9.17) is 14.2 Å². The second-order valence-corrected chi connectivity index (χ2v) is 7.73. The molecule has 2 aliphatic heterocycles. The molecule has 0 saturated carbocycles. The van der Waals surface area contributed by atoms with Crippen LogP contribution in [0.3, 0.4) is 0 Å². The molecule has 2 aliphatic rings. The maximum Gasteiger partial charge on any atom is 0.229 e. The summed E-state index contributed by atoms with van der Waals surface area (Å²) >= 11 is 0. The van der Waals surface area contributed by atoms with Gasteiger partial charge in [0.05, 0.1) is 6.61 Å². The van der Waals surface area contributed by atoms with Crippen LogP contribution in [0.25, 0.3) is 0 Å². The number of phenols is 3. The Hall–Kier alpha value is -3.13. The maximum atomic E-state index is 12.6. The second kappa shape index (κ2) is 8.67. The molecule has 33 heavy (non-hydrogen) atoms. The molecule has 12 heteroatoms. The SMILES string of the molecule is O=C1c2c(O)cc(O)cc2OC(c2ccc(O)c(O[C@@H]3O[C@H](CO)[C@@H](O)[C@H](O)[C@H]3O)c2)C1O. The highest BCUT2D eigenvalue weighted by atomic mass is 16.7. The number of carbonyl (C=O) groups excluding carboxylic acids is 1. The van der Waals surface area contributed by atoms with Gasteiger partial charge in [0.25, 0.3) is 0 Å². The molecule has 2 aromatic carbocycles. The molecule has 178 valence electrons. The summed E-state index contributed by atoms with van der Waals surface area (Å²) in [7, 11) is 0. The largest absolute Gasteiger partial charge is 0.508 e. The van der Waals surface area contributed by atoms with Crippen molar-refractivity contribution >= 4 is 5.78 Å². The van der Waals surface area contributed by atoms with Gasteiger partial charge in [-0.05, 0) is 17.7 Å². The minimum absolute atomic E-state index is 0.140. The van der Waals surface area contributed by atoms with Gasteiger partial charge in [0.2, 0.25) is 12.1 Å². The summed E-state index contributed by atoms with van der Waals surface area (Å²) in [5.41, 5.74) is -0.158. The maximum absolute atomic E-state index is 12.6. The van der Waals surface area contributed by atoms with Gasteiger partial charge in [0.15, 0.2) is 23.7 Å². The van der Waals surface area contributed by atoms with Crippen LogP contribution in [0.5, 0.6) is 28.7 Å². The topological polar surface area (TPSA) is 207 Å². The van der Waals surface area contributed by atoms with Crippen molar-refractivity contribution < 1.29 is 59.9 Å². The van der Waals surface area contributed by atoms with E-state index in [1.807, 2.05) is 0 Å².